The maximum Gasteiger partial charge on any atom is 0.227 e. The number of anilines is 1. The van der Waals surface area contributed by atoms with Crippen molar-refractivity contribution in [1.29, 1.82) is 0 Å². The summed E-state index contributed by atoms with van der Waals surface area (Å²) in [7, 11) is 1.91. The largest absolute Gasteiger partial charge is 0.371 e. The fourth-order valence-electron chi connectivity index (χ4n) is 3.82. The number of benzene rings is 1. The van der Waals surface area contributed by atoms with Crippen molar-refractivity contribution in [1.82, 2.24) is 4.90 Å². The molecule has 1 aromatic carbocycles. The second kappa shape index (κ2) is 6.69. The van der Waals surface area contributed by atoms with Crippen molar-refractivity contribution >= 4 is 11.6 Å². The van der Waals surface area contributed by atoms with E-state index in [-0.39, 0.29) is 17.9 Å². The third-order valence-corrected chi connectivity index (χ3v) is 5.11. The van der Waals surface area contributed by atoms with Gasteiger partial charge in [-0.1, -0.05) is 24.6 Å². The van der Waals surface area contributed by atoms with Crippen LogP contribution in [0.25, 0.3) is 0 Å². The van der Waals surface area contributed by atoms with Crippen molar-refractivity contribution in [3.05, 3.63) is 29.8 Å². The van der Waals surface area contributed by atoms with Gasteiger partial charge in [0.05, 0.1) is 5.92 Å². The topological polar surface area (TPSA) is 49.6 Å². The Labute approximate surface area is 133 Å². The van der Waals surface area contributed by atoms with Gasteiger partial charge in [-0.3, -0.25) is 4.79 Å². The summed E-state index contributed by atoms with van der Waals surface area (Å²) in [5, 5.41) is 0. The van der Waals surface area contributed by atoms with Crippen molar-refractivity contribution in [2.45, 2.75) is 44.7 Å². The first-order valence-electron chi connectivity index (χ1n) is 8.50. The molecule has 2 N–H and O–H groups in total. The summed E-state index contributed by atoms with van der Waals surface area (Å²) in [5.74, 6) is 0.227. The first kappa shape index (κ1) is 15.3. The van der Waals surface area contributed by atoms with Gasteiger partial charge in [0.2, 0.25) is 5.91 Å². The minimum absolute atomic E-state index is 0.0175. The van der Waals surface area contributed by atoms with Crippen LogP contribution in [0.1, 0.15) is 37.7 Å². The van der Waals surface area contributed by atoms with Gasteiger partial charge >= 0.3 is 0 Å². The molecule has 0 aromatic heterocycles. The van der Waals surface area contributed by atoms with Crippen LogP contribution in [0.4, 0.5) is 5.69 Å². The van der Waals surface area contributed by atoms with E-state index in [0.717, 1.165) is 32.4 Å². The van der Waals surface area contributed by atoms with Gasteiger partial charge in [-0.15, -0.1) is 0 Å². The van der Waals surface area contributed by atoms with Crippen molar-refractivity contribution in [2.24, 2.45) is 11.7 Å². The number of nitrogens with two attached hydrogens (primary N) is 1. The Morgan fingerprint density at radius 1 is 1.23 bits per heavy atom. The van der Waals surface area contributed by atoms with E-state index in [1.807, 2.05) is 11.9 Å². The Hall–Kier alpha value is -1.55. The minimum Gasteiger partial charge on any atom is -0.371 e. The minimum atomic E-state index is 0.0175. The second-order valence-electron chi connectivity index (χ2n) is 6.72. The predicted molar refractivity (Wildman–Crippen MR) is 89.7 cm³/mol. The number of carbonyl (C=O) groups excluding carboxylic acids is 1. The summed E-state index contributed by atoms with van der Waals surface area (Å²) >= 11 is 0. The standard InChI is InChI=1S/C18H27N3O/c1-20(18(22)15-8-6-9-16(15)19)13-14-7-2-3-10-17(14)21-11-4-5-12-21/h2-3,7,10,15-16H,4-6,8-9,11-13,19H2,1H3/t15-,16-/m0/s1. The molecule has 120 valence electrons. The maximum atomic E-state index is 12.6. The first-order chi connectivity index (χ1) is 10.7. The van der Waals surface area contributed by atoms with Gasteiger partial charge in [0.1, 0.15) is 0 Å². The predicted octanol–water partition coefficient (Wildman–Crippen LogP) is 2.37. The molecule has 1 aromatic rings. The van der Waals surface area contributed by atoms with Crippen molar-refractivity contribution in [3.8, 4) is 0 Å². The van der Waals surface area contributed by atoms with Crippen molar-refractivity contribution in [3.63, 3.8) is 0 Å². The average Bonchev–Trinajstić information content (AvgIpc) is 3.18. The molecule has 0 radical (unpaired) electrons. The quantitative estimate of drug-likeness (QED) is 0.929. The van der Waals surface area contributed by atoms with Gasteiger partial charge in [-0.25, -0.2) is 0 Å². The summed E-state index contributed by atoms with van der Waals surface area (Å²) < 4.78 is 0. The molecule has 1 heterocycles. The summed E-state index contributed by atoms with van der Waals surface area (Å²) in [5.41, 5.74) is 8.61. The van der Waals surface area contributed by atoms with Crippen LogP contribution < -0.4 is 10.6 Å². The number of carbonyl (C=O) groups is 1. The Morgan fingerprint density at radius 3 is 2.64 bits per heavy atom. The lowest BCUT2D eigenvalue weighted by Gasteiger charge is -2.27. The summed E-state index contributed by atoms with van der Waals surface area (Å²) in [4.78, 5) is 16.9. The van der Waals surface area contributed by atoms with Gasteiger partial charge in [-0.2, -0.15) is 0 Å². The van der Waals surface area contributed by atoms with Crippen LogP contribution in [0.2, 0.25) is 0 Å². The molecule has 0 unspecified atom stereocenters. The zero-order valence-corrected chi connectivity index (χ0v) is 13.5. The molecule has 3 rings (SSSR count). The van der Waals surface area contributed by atoms with E-state index in [1.165, 1.54) is 24.1 Å². The molecule has 2 atom stereocenters. The van der Waals surface area contributed by atoms with E-state index in [9.17, 15) is 4.79 Å². The Balaban J connectivity index is 1.71. The van der Waals surface area contributed by atoms with Gasteiger partial charge < -0.3 is 15.5 Å². The highest BCUT2D eigenvalue weighted by Crippen LogP contribution is 2.28. The van der Waals surface area contributed by atoms with E-state index >= 15 is 0 Å². The molecular weight excluding hydrogens is 274 g/mol. The van der Waals surface area contributed by atoms with Crippen LogP contribution in [0, 0.1) is 5.92 Å². The Morgan fingerprint density at radius 2 is 1.95 bits per heavy atom. The van der Waals surface area contributed by atoms with Crippen LogP contribution in [0.3, 0.4) is 0 Å². The molecule has 4 heteroatoms. The molecule has 2 aliphatic rings. The third kappa shape index (κ3) is 3.12. The monoisotopic (exact) mass is 301 g/mol. The molecule has 0 spiro atoms. The van der Waals surface area contributed by atoms with Crippen molar-refractivity contribution < 1.29 is 4.79 Å². The smallest absolute Gasteiger partial charge is 0.227 e. The summed E-state index contributed by atoms with van der Waals surface area (Å²) in [6.07, 6.45) is 5.53. The maximum absolute atomic E-state index is 12.6. The fourth-order valence-corrected chi connectivity index (χ4v) is 3.82. The highest BCUT2D eigenvalue weighted by molar-refractivity contribution is 5.79. The summed E-state index contributed by atoms with van der Waals surface area (Å²) in [6.45, 7) is 2.93. The lowest BCUT2D eigenvalue weighted by molar-refractivity contribution is -0.134. The zero-order chi connectivity index (χ0) is 15.5. The number of rotatable bonds is 4. The molecule has 1 aliphatic heterocycles. The highest BCUT2D eigenvalue weighted by Gasteiger charge is 2.32. The van der Waals surface area contributed by atoms with E-state index in [0.29, 0.717) is 6.54 Å². The van der Waals surface area contributed by atoms with Crippen LogP contribution in [-0.2, 0) is 11.3 Å². The van der Waals surface area contributed by atoms with Gasteiger partial charge in [0.25, 0.3) is 0 Å². The molecule has 4 nitrogen and oxygen atoms in total. The number of para-hydroxylation sites is 1. The van der Waals surface area contributed by atoms with E-state index in [4.69, 9.17) is 5.73 Å². The summed E-state index contributed by atoms with van der Waals surface area (Å²) in [6, 6.07) is 8.52. The van der Waals surface area contributed by atoms with E-state index in [1.54, 1.807) is 0 Å². The molecule has 1 amide bonds. The van der Waals surface area contributed by atoms with Gasteiger partial charge in [0, 0.05) is 38.4 Å². The molecule has 1 saturated heterocycles. The van der Waals surface area contributed by atoms with Crippen LogP contribution in [0.15, 0.2) is 24.3 Å². The van der Waals surface area contributed by atoms with Crippen LogP contribution in [-0.4, -0.2) is 37.0 Å². The van der Waals surface area contributed by atoms with Crippen LogP contribution in [0.5, 0.6) is 0 Å². The Kier molecular flexibility index (Phi) is 4.67. The zero-order valence-electron chi connectivity index (χ0n) is 13.5. The molecular formula is C18H27N3O. The average molecular weight is 301 g/mol. The molecule has 0 bridgehead atoms. The first-order valence-corrected chi connectivity index (χ1v) is 8.50. The number of hydrogen-bond acceptors (Lipinski definition) is 3. The molecule has 22 heavy (non-hydrogen) atoms. The number of nitrogens with zero attached hydrogens (tertiary/aromatic N) is 2. The van der Waals surface area contributed by atoms with Gasteiger partial charge in [-0.05, 0) is 37.3 Å². The highest BCUT2D eigenvalue weighted by atomic mass is 16.2. The number of amides is 1. The molecule has 1 saturated carbocycles. The van der Waals surface area contributed by atoms with Gasteiger partial charge in [0.15, 0.2) is 0 Å². The normalized spacial score (nSPS) is 24.7. The fraction of sp³-hybridized carbons (Fsp3) is 0.611. The van der Waals surface area contributed by atoms with E-state index in [2.05, 4.69) is 29.2 Å². The SMILES string of the molecule is CN(Cc1ccccc1N1CCCC1)C(=O)[C@H]1CCC[C@@H]1N. The number of hydrogen-bond donors (Lipinski definition) is 1. The lowest BCUT2D eigenvalue weighted by Crippen LogP contribution is -2.39. The van der Waals surface area contributed by atoms with Crippen LogP contribution >= 0.6 is 0 Å². The Bertz CT molecular complexity index is 525. The lowest BCUT2D eigenvalue weighted by atomic mass is 10.0. The second-order valence-corrected chi connectivity index (χ2v) is 6.72. The van der Waals surface area contributed by atoms with Crippen molar-refractivity contribution in [2.75, 3.05) is 25.0 Å². The molecule has 1 aliphatic carbocycles. The van der Waals surface area contributed by atoms with E-state index < -0.39 is 0 Å². The molecule has 2 fully saturated rings. The third-order valence-electron chi connectivity index (χ3n) is 5.11.